The summed E-state index contributed by atoms with van der Waals surface area (Å²) in [5.74, 6) is -2.09. The number of aryl methyl sites for hydroxylation is 4. The number of aliphatic carboxylic acids is 2. The van der Waals surface area contributed by atoms with E-state index in [0.29, 0.717) is 66.6 Å². The summed E-state index contributed by atoms with van der Waals surface area (Å²) in [5.41, 5.74) is 1.22. The number of rotatable bonds is 22. The zero-order valence-electron chi connectivity index (χ0n) is 54.2. The molecule has 0 bridgehead atoms. The topological polar surface area (TPSA) is 169 Å². The third kappa shape index (κ3) is 17.5. The first kappa shape index (κ1) is 77.1. The lowest BCUT2D eigenvalue weighted by molar-refractivity contribution is -0.347. The van der Waals surface area contributed by atoms with Gasteiger partial charge in [0.05, 0.1) is 0 Å². The van der Waals surface area contributed by atoms with Gasteiger partial charge in [0.2, 0.25) is 0 Å². The number of carbonyl (C=O) groups excluding carboxylic acids is 2. The molecule has 1 aliphatic rings. The molecule has 0 heterocycles. The third-order valence-electron chi connectivity index (χ3n) is 17.5. The standard InChI is InChI=1S/C29H33F6NO5.C27H30F6O3.C16H14O2/c1-6-26(7-2,22-10-11-23(18(4)15-22)41-16-24(37)36-19(5)25(38)39)21-9-8-20(17(3)14-21)12-13-27(40,28(30,31)32)29(33,34)35;1-6-25(7-2,21-10-11-22(18(4)15-21)36-16-23(34)35)20-9-8-19(17(3)14-20)12-13-24(5,26(28,29)30)27(31,32)33;1-11(17)18-10-16-14-8-4-2-6-12(14)13-7-3-5-9-15(13)16/h8-15,19,40H,6-7,16H2,1-5H3,(H,36,37)(H,38,39);8-15H,6-7,16H2,1-5H3,(H,34,35);2-9,16H,10H2,1H3/b2*13-12+;/t19-;;/m1../s1. The van der Waals surface area contributed by atoms with Crippen LogP contribution in [-0.2, 0) is 34.7 Å². The summed E-state index contributed by atoms with van der Waals surface area (Å²) in [6.45, 7) is 17.1. The molecule has 1 atom stereocenters. The highest BCUT2D eigenvalue weighted by Gasteiger charge is 2.69. The Morgan fingerprint density at radius 3 is 1.23 bits per heavy atom. The van der Waals surface area contributed by atoms with Gasteiger partial charge in [-0.2, -0.15) is 52.7 Å². The Labute approximate surface area is 543 Å². The summed E-state index contributed by atoms with van der Waals surface area (Å²) in [4.78, 5) is 44.7. The average molecular weight is 1340 g/mol. The molecule has 0 fully saturated rings. The lowest BCUT2D eigenvalue weighted by atomic mass is 9.70. The quantitative estimate of drug-likeness (QED) is 0.0379. The number of fused-ring (bicyclic) bond motifs is 3. The molecule has 7 rings (SSSR count). The first-order valence-corrected chi connectivity index (χ1v) is 30.3. The monoisotopic (exact) mass is 1340 g/mol. The number of alkyl halides is 12. The van der Waals surface area contributed by atoms with Crippen molar-refractivity contribution in [2.75, 3.05) is 19.8 Å². The van der Waals surface area contributed by atoms with Crippen molar-refractivity contribution in [3.05, 3.63) is 200 Å². The first-order chi connectivity index (χ1) is 44.1. The van der Waals surface area contributed by atoms with Crippen LogP contribution in [0.5, 0.6) is 11.5 Å². The minimum atomic E-state index is -5.95. The number of benzene rings is 6. The van der Waals surface area contributed by atoms with Crippen molar-refractivity contribution in [3.8, 4) is 22.6 Å². The van der Waals surface area contributed by atoms with Crippen molar-refractivity contribution < 1.29 is 101 Å². The van der Waals surface area contributed by atoms with Gasteiger partial charge in [-0.3, -0.25) is 14.4 Å². The highest BCUT2D eigenvalue weighted by molar-refractivity contribution is 5.84. The van der Waals surface area contributed by atoms with Gasteiger partial charge in [0, 0.05) is 23.7 Å². The van der Waals surface area contributed by atoms with Gasteiger partial charge in [0.25, 0.3) is 11.5 Å². The van der Waals surface area contributed by atoms with Gasteiger partial charge in [-0.25, -0.2) is 4.79 Å². The van der Waals surface area contributed by atoms with Crippen LogP contribution in [0.3, 0.4) is 0 Å². The summed E-state index contributed by atoms with van der Waals surface area (Å²) in [6.07, 6.45) is -19.0. The Kier molecular flexibility index (Phi) is 25.0. The van der Waals surface area contributed by atoms with E-state index in [9.17, 15) is 77.0 Å². The van der Waals surface area contributed by atoms with Crippen molar-refractivity contribution in [3.63, 3.8) is 0 Å². The number of carbonyl (C=O) groups is 4. The summed E-state index contributed by atoms with van der Waals surface area (Å²) in [7, 11) is 0. The van der Waals surface area contributed by atoms with Crippen LogP contribution in [0.4, 0.5) is 52.7 Å². The van der Waals surface area contributed by atoms with Crippen LogP contribution in [0.2, 0.25) is 0 Å². The maximum atomic E-state index is 13.2. The highest BCUT2D eigenvalue weighted by Crippen LogP contribution is 2.52. The number of esters is 1. The summed E-state index contributed by atoms with van der Waals surface area (Å²) < 4.78 is 174. The third-order valence-corrected chi connectivity index (χ3v) is 17.5. The predicted octanol–water partition coefficient (Wildman–Crippen LogP) is 17.6. The molecule has 0 radical (unpaired) electrons. The number of halogens is 12. The molecule has 6 aromatic rings. The molecule has 11 nitrogen and oxygen atoms in total. The normalized spacial score (nSPS) is 13.4. The second-order valence-electron chi connectivity index (χ2n) is 23.4. The smallest absolute Gasteiger partial charge is 0.430 e. The number of hydrogen-bond acceptors (Lipinski definition) is 8. The van der Waals surface area contributed by atoms with Gasteiger partial charge in [-0.05, 0) is 163 Å². The first-order valence-electron chi connectivity index (χ1n) is 30.3. The van der Waals surface area contributed by atoms with Gasteiger partial charge < -0.3 is 34.8 Å². The maximum Gasteiger partial charge on any atom is 0.430 e. The molecule has 0 spiro atoms. The number of nitrogens with one attached hydrogen (secondary N) is 1. The van der Waals surface area contributed by atoms with Crippen LogP contribution < -0.4 is 14.8 Å². The van der Waals surface area contributed by atoms with Crippen molar-refractivity contribution in [1.29, 1.82) is 0 Å². The van der Waals surface area contributed by atoms with Gasteiger partial charge in [-0.15, -0.1) is 0 Å². The minimum Gasteiger partial charge on any atom is -0.484 e. The molecule has 6 aromatic carbocycles. The average Bonchev–Trinajstić information content (AvgIpc) is 1.53. The molecule has 514 valence electrons. The predicted molar refractivity (Wildman–Crippen MR) is 337 cm³/mol. The molecule has 0 aromatic heterocycles. The number of allylic oxidation sites excluding steroid dienone is 1. The van der Waals surface area contributed by atoms with Crippen molar-refractivity contribution in [1.82, 2.24) is 5.32 Å². The maximum absolute atomic E-state index is 13.2. The zero-order valence-corrected chi connectivity index (χ0v) is 54.2. The van der Waals surface area contributed by atoms with Crippen molar-refractivity contribution in [2.24, 2.45) is 5.41 Å². The number of ether oxygens (including phenoxy) is 3. The van der Waals surface area contributed by atoms with Gasteiger partial charge in [0.15, 0.2) is 18.6 Å². The van der Waals surface area contributed by atoms with Crippen LogP contribution in [-0.4, -0.2) is 95.3 Å². The Bertz CT molecular complexity index is 3670. The fourth-order valence-electron chi connectivity index (χ4n) is 11.4. The second-order valence-corrected chi connectivity index (χ2v) is 23.4. The zero-order chi connectivity index (χ0) is 71.5. The van der Waals surface area contributed by atoms with E-state index in [4.69, 9.17) is 24.4 Å². The SMILES string of the molecule is CC(=O)OCC1c2ccccc2-c2ccccc21.CCC(CC)(c1ccc(/C=C/C(C)(C(F)(F)F)C(F)(F)F)c(C)c1)c1ccc(OCC(=O)O)c(C)c1.CCC(CC)(c1ccc(/C=C/C(O)(C(F)(F)F)C(F)(F)F)c(C)c1)c1ccc(OCC(=O)N[C@H](C)C(=O)O)c(C)c1. The lowest BCUT2D eigenvalue weighted by Gasteiger charge is -2.34. The van der Waals surface area contributed by atoms with E-state index in [-0.39, 0.29) is 42.1 Å². The number of amides is 1. The Morgan fingerprint density at radius 2 is 0.895 bits per heavy atom. The van der Waals surface area contributed by atoms with E-state index in [2.05, 4.69) is 29.6 Å². The van der Waals surface area contributed by atoms with E-state index in [1.807, 2.05) is 76.2 Å². The largest absolute Gasteiger partial charge is 0.484 e. The minimum absolute atomic E-state index is 0.0807. The Balaban J connectivity index is 0.000000275. The second kappa shape index (κ2) is 30.9. The fourth-order valence-corrected chi connectivity index (χ4v) is 11.4. The molecule has 1 aliphatic carbocycles. The molecular weight excluding hydrogens is 1270 g/mol. The number of carboxylic acid groups (broad SMARTS) is 2. The van der Waals surface area contributed by atoms with Crippen molar-refractivity contribution in [2.45, 2.75) is 155 Å². The molecule has 4 N–H and O–H groups in total. The van der Waals surface area contributed by atoms with E-state index in [1.165, 1.54) is 48.2 Å². The molecular formula is C72H77F12NO10. The molecule has 0 aliphatic heterocycles. The van der Waals surface area contributed by atoms with Crippen LogP contribution >= 0.6 is 0 Å². The summed E-state index contributed by atoms with van der Waals surface area (Å²) in [5, 5.41) is 29.5. The van der Waals surface area contributed by atoms with E-state index in [1.54, 1.807) is 64.1 Å². The lowest BCUT2D eigenvalue weighted by Crippen LogP contribution is -2.55. The molecule has 95 heavy (non-hydrogen) atoms. The van der Waals surface area contributed by atoms with E-state index >= 15 is 0 Å². The van der Waals surface area contributed by atoms with Gasteiger partial charge in [0.1, 0.15) is 24.1 Å². The molecule has 1 amide bonds. The van der Waals surface area contributed by atoms with Gasteiger partial charge in [-0.1, -0.05) is 155 Å². The number of carboxylic acids is 2. The molecule has 23 heteroatoms. The number of aliphatic hydroxyl groups is 1. The van der Waals surface area contributed by atoms with Crippen LogP contribution in [0.25, 0.3) is 23.3 Å². The summed E-state index contributed by atoms with van der Waals surface area (Å²) in [6, 6.07) is 36.2. The van der Waals surface area contributed by atoms with Crippen LogP contribution in [0.1, 0.15) is 147 Å². The van der Waals surface area contributed by atoms with Gasteiger partial charge >= 0.3 is 42.6 Å². The Morgan fingerprint density at radius 1 is 0.526 bits per heavy atom. The van der Waals surface area contributed by atoms with E-state index in [0.717, 1.165) is 33.9 Å². The highest BCUT2D eigenvalue weighted by atomic mass is 19.4. The van der Waals surface area contributed by atoms with E-state index < -0.39 is 83.7 Å². The summed E-state index contributed by atoms with van der Waals surface area (Å²) >= 11 is 0. The van der Waals surface area contributed by atoms with Crippen molar-refractivity contribution >= 4 is 36.0 Å². The number of hydrogen-bond donors (Lipinski definition) is 4. The Hall–Kier alpha value is -8.60. The van der Waals surface area contributed by atoms with Crippen LogP contribution in [0.15, 0.2) is 133 Å². The fraction of sp³-hybridized carbons (Fsp3) is 0.389. The molecule has 0 saturated carbocycles. The molecule has 0 saturated heterocycles. The molecule has 0 unspecified atom stereocenters. The van der Waals surface area contributed by atoms with Crippen LogP contribution in [0, 0.1) is 33.1 Å².